The molecule has 0 unspecified atom stereocenters. The Hall–Kier alpha value is -2.39. The standard InChI is InChI=1S/C28H25Br2Cl2N3O3/c1-4-16(3)27-34-24-9-7-19(29)11-21(24)28(36)35(27)33-14-18-10-25(37-5-2)26(13-22(18)30)38-15-17-6-8-20(31)12-23(17)32/h6-14,16H,4-5,15H2,1-3H3/t16-/m0/s1. The van der Waals surface area contributed by atoms with Crippen LogP contribution in [0.15, 0.2) is 67.4 Å². The van der Waals surface area contributed by atoms with Gasteiger partial charge in [0.1, 0.15) is 12.4 Å². The monoisotopic (exact) mass is 679 g/mol. The highest BCUT2D eigenvalue weighted by atomic mass is 79.9. The van der Waals surface area contributed by atoms with Crippen molar-refractivity contribution in [1.29, 1.82) is 0 Å². The number of benzene rings is 3. The highest BCUT2D eigenvalue weighted by Crippen LogP contribution is 2.34. The lowest BCUT2D eigenvalue weighted by Gasteiger charge is -2.15. The fourth-order valence-electron chi connectivity index (χ4n) is 3.72. The molecule has 1 atom stereocenters. The molecule has 4 aromatic rings. The van der Waals surface area contributed by atoms with Gasteiger partial charge >= 0.3 is 0 Å². The molecule has 38 heavy (non-hydrogen) atoms. The van der Waals surface area contributed by atoms with E-state index in [0.29, 0.717) is 50.4 Å². The first-order valence-electron chi connectivity index (χ1n) is 12.0. The van der Waals surface area contributed by atoms with Gasteiger partial charge in [-0.1, -0.05) is 59.0 Å². The number of halogens is 4. The third kappa shape index (κ3) is 6.42. The lowest BCUT2D eigenvalue weighted by molar-refractivity contribution is 0.269. The van der Waals surface area contributed by atoms with E-state index in [1.807, 2.05) is 44.2 Å². The second-order valence-electron chi connectivity index (χ2n) is 8.58. The summed E-state index contributed by atoms with van der Waals surface area (Å²) in [5.74, 6) is 1.71. The minimum atomic E-state index is -0.233. The van der Waals surface area contributed by atoms with E-state index >= 15 is 0 Å². The molecule has 198 valence electrons. The van der Waals surface area contributed by atoms with Gasteiger partial charge < -0.3 is 9.47 Å². The molecule has 1 aromatic heterocycles. The summed E-state index contributed by atoms with van der Waals surface area (Å²) in [6, 6.07) is 14.4. The van der Waals surface area contributed by atoms with Crippen molar-refractivity contribution in [2.24, 2.45) is 5.10 Å². The Labute approximate surface area is 247 Å². The van der Waals surface area contributed by atoms with E-state index in [1.165, 1.54) is 4.68 Å². The quantitative estimate of drug-likeness (QED) is 0.166. The number of fused-ring (bicyclic) bond motifs is 1. The first-order valence-corrected chi connectivity index (χ1v) is 14.4. The molecule has 0 aliphatic heterocycles. The van der Waals surface area contributed by atoms with E-state index in [4.69, 9.17) is 37.7 Å². The molecular formula is C28H25Br2Cl2N3O3. The van der Waals surface area contributed by atoms with E-state index in [-0.39, 0.29) is 18.1 Å². The molecule has 0 radical (unpaired) electrons. The minimum Gasteiger partial charge on any atom is -0.490 e. The van der Waals surface area contributed by atoms with Gasteiger partial charge in [-0.25, -0.2) is 4.98 Å². The van der Waals surface area contributed by atoms with Crippen molar-refractivity contribution >= 4 is 72.2 Å². The van der Waals surface area contributed by atoms with Crippen molar-refractivity contribution in [3.63, 3.8) is 0 Å². The number of rotatable bonds is 9. The Balaban J connectivity index is 1.71. The van der Waals surface area contributed by atoms with E-state index in [2.05, 4.69) is 43.9 Å². The molecule has 0 amide bonds. The Morgan fingerprint density at radius 1 is 1.05 bits per heavy atom. The van der Waals surface area contributed by atoms with Crippen LogP contribution in [0.2, 0.25) is 10.0 Å². The second-order valence-corrected chi connectivity index (χ2v) is 11.2. The summed E-state index contributed by atoms with van der Waals surface area (Å²) in [5.41, 5.74) is 1.92. The summed E-state index contributed by atoms with van der Waals surface area (Å²) in [7, 11) is 0. The van der Waals surface area contributed by atoms with Gasteiger partial charge in [0.25, 0.3) is 5.56 Å². The number of ether oxygens (including phenoxy) is 2. The number of hydrogen-bond acceptors (Lipinski definition) is 5. The van der Waals surface area contributed by atoms with Crippen molar-refractivity contribution in [3.8, 4) is 11.5 Å². The normalized spacial score (nSPS) is 12.3. The van der Waals surface area contributed by atoms with Crippen molar-refractivity contribution in [2.75, 3.05) is 6.61 Å². The topological polar surface area (TPSA) is 65.7 Å². The Morgan fingerprint density at radius 2 is 1.82 bits per heavy atom. The fourth-order valence-corrected chi connectivity index (χ4v) is 4.97. The molecule has 0 saturated carbocycles. The van der Waals surface area contributed by atoms with Crippen LogP contribution < -0.4 is 15.0 Å². The molecule has 0 aliphatic carbocycles. The van der Waals surface area contributed by atoms with E-state index < -0.39 is 0 Å². The highest BCUT2D eigenvalue weighted by Gasteiger charge is 2.16. The highest BCUT2D eigenvalue weighted by molar-refractivity contribution is 9.10. The summed E-state index contributed by atoms with van der Waals surface area (Å²) in [5, 5.41) is 6.15. The van der Waals surface area contributed by atoms with Crippen LogP contribution in [0.4, 0.5) is 0 Å². The lowest BCUT2D eigenvalue weighted by Crippen LogP contribution is -2.23. The molecule has 4 rings (SSSR count). The Morgan fingerprint density at radius 3 is 2.53 bits per heavy atom. The van der Waals surface area contributed by atoms with E-state index in [1.54, 1.807) is 24.4 Å². The molecule has 0 spiro atoms. The average Bonchev–Trinajstić information content (AvgIpc) is 2.89. The Bertz CT molecular complexity index is 1570. The fraction of sp³-hybridized carbons (Fsp3) is 0.250. The van der Waals surface area contributed by atoms with Gasteiger partial charge in [0.2, 0.25) is 0 Å². The lowest BCUT2D eigenvalue weighted by atomic mass is 10.1. The van der Waals surface area contributed by atoms with Gasteiger partial charge in [-0.15, -0.1) is 0 Å². The van der Waals surface area contributed by atoms with Gasteiger partial charge in [0.05, 0.1) is 23.7 Å². The van der Waals surface area contributed by atoms with Crippen molar-refractivity contribution in [3.05, 3.63) is 94.8 Å². The van der Waals surface area contributed by atoms with Gasteiger partial charge in [0.15, 0.2) is 11.5 Å². The van der Waals surface area contributed by atoms with Crippen LogP contribution >= 0.6 is 55.1 Å². The summed E-state index contributed by atoms with van der Waals surface area (Å²) >= 11 is 19.3. The van der Waals surface area contributed by atoms with Crippen molar-refractivity contribution < 1.29 is 9.47 Å². The van der Waals surface area contributed by atoms with Crippen molar-refractivity contribution in [2.45, 2.75) is 39.7 Å². The van der Waals surface area contributed by atoms with E-state index in [0.717, 1.165) is 20.9 Å². The maximum atomic E-state index is 13.4. The van der Waals surface area contributed by atoms with Gasteiger partial charge in [-0.2, -0.15) is 9.78 Å². The van der Waals surface area contributed by atoms with Gasteiger partial charge in [-0.3, -0.25) is 4.79 Å². The first-order chi connectivity index (χ1) is 18.2. The summed E-state index contributed by atoms with van der Waals surface area (Å²) in [4.78, 5) is 18.2. The predicted molar refractivity (Wildman–Crippen MR) is 162 cm³/mol. The Kier molecular flexibility index (Phi) is 9.52. The maximum absolute atomic E-state index is 13.4. The predicted octanol–water partition coefficient (Wildman–Crippen LogP) is 8.60. The smallest absolute Gasteiger partial charge is 0.282 e. The number of hydrogen-bond donors (Lipinski definition) is 0. The molecule has 0 fully saturated rings. The van der Waals surface area contributed by atoms with E-state index in [9.17, 15) is 4.79 Å². The first kappa shape index (κ1) is 28.6. The second kappa shape index (κ2) is 12.6. The molecule has 0 bridgehead atoms. The zero-order valence-corrected chi connectivity index (χ0v) is 25.7. The minimum absolute atomic E-state index is 0.0331. The third-order valence-corrected chi connectivity index (χ3v) is 7.73. The largest absolute Gasteiger partial charge is 0.490 e. The number of nitrogens with zero attached hydrogens (tertiary/aromatic N) is 3. The summed E-state index contributed by atoms with van der Waals surface area (Å²) in [6.07, 6.45) is 2.43. The van der Waals surface area contributed by atoms with Gasteiger partial charge in [-0.05, 0) is 71.7 Å². The van der Waals surface area contributed by atoms with Crippen LogP contribution in [0.3, 0.4) is 0 Å². The van der Waals surface area contributed by atoms with Crippen LogP contribution in [0.5, 0.6) is 11.5 Å². The third-order valence-electron chi connectivity index (χ3n) is 5.96. The number of aromatic nitrogens is 2. The zero-order valence-electron chi connectivity index (χ0n) is 21.0. The summed E-state index contributed by atoms with van der Waals surface area (Å²) < 4.78 is 14.8. The molecule has 3 aromatic carbocycles. The van der Waals surface area contributed by atoms with Crippen LogP contribution in [-0.4, -0.2) is 22.5 Å². The van der Waals surface area contributed by atoms with Crippen LogP contribution in [0.25, 0.3) is 10.9 Å². The van der Waals surface area contributed by atoms with Gasteiger partial charge in [0, 0.05) is 36.0 Å². The molecule has 0 N–H and O–H groups in total. The zero-order chi connectivity index (χ0) is 27.4. The average molecular weight is 682 g/mol. The molecule has 6 nitrogen and oxygen atoms in total. The van der Waals surface area contributed by atoms with Crippen LogP contribution in [-0.2, 0) is 6.61 Å². The molecule has 0 aliphatic rings. The van der Waals surface area contributed by atoms with Crippen LogP contribution in [0, 0.1) is 0 Å². The molecule has 10 heteroatoms. The molecular weight excluding hydrogens is 657 g/mol. The summed E-state index contributed by atoms with van der Waals surface area (Å²) in [6.45, 7) is 6.66. The maximum Gasteiger partial charge on any atom is 0.282 e. The molecule has 1 heterocycles. The molecule has 0 saturated heterocycles. The van der Waals surface area contributed by atoms with Crippen LogP contribution in [0.1, 0.15) is 50.1 Å². The van der Waals surface area contributed by atoms with Crippen molar-refractivity contribution in [1.82, 2.24) is 9.66 Å². The SMILES string of the molecule is CCOc1cc(C=Nn2c([C@@H](C)CC)nc3ccc(Br)cc3c2=O)c(Br)cc1OCc1ccc(Cl)cc1Cl.